The van der Waals surface area contributed by atoms with Crippen LogP contribution in [0.3, 0.4) is 0 Å². The van der Waals surface area contributed by atoms with Crippen molar-refractivity contribution in [3.05, 3.63) is 30.1 Å². The number of pyridine rings is 1. The number of hydrogen-bond acceptors (Lipinski definition) is 10. The Morgan fingerprint density at radius 2 is 1.65 bits per heavy atom. The van der Waals surface area contributed by atoms with Crippen molar-refractivity contribution < 1.29 is 21.6 Å². The molecule has 0 spiro atoms. The third kappa shape index (κ3) is 6.17. The molecule has 43 heavy (non-hydrogen) atoms. The molecule has 2 N–H and O–H groups in total. The largest absolute Gasteiger partial charge is 0.392 e. The number of aromatic nitrogens is 1. The second-order valence-electron chi connectivity index (χ2n) is 12.0. The summed E-state index contributed by atoms with van der Waals surface area (Å²) in [4.78, 5) is 8.61. The second-order valence-corrected chi connectivity index (χ2v) is 13.9. The zero-order chi connectivity index (χ0) is 30.7. The van der Waals surface area contributed by atoms with E-state index >= 15 is 13.2 Å². The minimum absolute atomic E-state index is 0.0572. The van der Waals surface area contributed by atoms with Crippen molar-refractivity contribution in [1.29, 1.82) is 5.26 Å². The fourth-order valence-corrected chi connectivity index (χ4v) is 9.18. The van der Waals surface area contributed by atoms with Gasteiger partial charge in [-0.3, -0.25) is 14.8 Å². The van der Waals surface area contributed by atoms with Gasteiger partial charge in [0.15, 0.2) is 5.66 Å². The van der Waals surface area contributed by atoms with Crippen LogP contribution in [0.15, 0.2) is 24.4 Å². The third-order valence-corrected chi connectivity index (χ3v) is 10.5. The summed E-state index contributed by atoms with van der Waals surface area (Å²) in [7, 11) is -4.11. The highest BCUT2D eigenvalue weighted by Crippen LogP contribution is 2.57. The molecule has 3 unspecified atom stereocenters. The maximum Gasteiger partial charge on any atom is 0.392 e. The summed E-state index contributed by atoms with van der Waals surface area (Å²) in [5.41, 5.74) is -3.43. The zero-order valence-corrected chi connectivity index (χ0v) is 25.7. The fraction of sp³-hybridized carbons (Fsp3) is 0.786. The van der Waals surface area contributed by atoms with E-state index < -0.39 is 40.0 Å². The molecule has 4 aliphatic rings. The van der Waals surface area contributed by atoms with Crippen molar-refractivity contribution in [2.24, 2.45) is 0 Å². The molecular formula is C28H44F3N9O2S. The average Bonchev–Trinajstić information content (AvgIpc) is 3.00. The summed E-state index contributed by atoms with van der Waals surface area (Å²) in [6.45, 7) is 4.52. The van der Waals surface area contributed by atoms with Crippen LogP contribution in [0.1, 0.15) is 44.2 Å². The average molecular weight is 628 g/mol. The molecule has 1 aromatic heterocycles. The Morgan fingerprint density at radius 3 is 2.21 bits per heavy atom. The molecule has 4 fully saturated rings. The Bertz CT molecular complexity index is 1220. The van der Waals surface area contributed by atoms with E-state index in [1.54, 1.807) is 24.4 Å². The molecule has 15 heteroatoms. The molecular weight excluding hydrogens is 583 g/mol. The van der Waals surface area contributed by atoms with Crippen molar-refractivity contribution in [1.82, 2.24) is 39.7 Å². The highest BCUT2D eigenvalue weighted by atomic mass is 32.2. The van der Waals surface area contributed by atoms with Crippen LogP contribution in [-0.2, 0) is 15.7 Å². The summed E-state index contributed by atoms with van der Waals surface area (Å²) >= 11 is 0. The Morgan fingerprint density at radius 1 is 1.00 bits per heavy atom. The van der Waals surface area contributed by atoms with E-state index in [9.17, 15) is 13.7 Å². The van der Waals surface area contributed by atoms with Gasteiger partial charge in [0.1, 0.15) is 5.66 Å². The quantitative estimate of drug-likeness (QED) is 0.438. The molecule has 1 aromatic rings. The minimum atomic E-state index is -4.65. The van der Waals surface area contributed by atoms with Gasteiger partial charge in [-0.15, -0.1) is 0 Å². The first kappa shape index (κ1) is 32.5. The molecule has 11 nitrogen and oxygen atoms in total. The number of sulfonamides is 1. The first-order valence-corrected chi connectivity index (χ1v) is 17.2. The normalized spacial score (nSPS) is 31.6. The van der Waals surface area contributed by atoms with Gasteiger partial charge in [0, 0.05) is 90.7 Å². The van der Waals surface area contributed by atoms with E-state index in [1.807, 2.05) is 19.8 Å². The van der Waals surface area contributed by atoms with E-state index in [-0.39, 0.29) is 25.1 Å². The van der Waals surface area contributed by atoms with Crippen molar-refractivity contribution >= 4 is 10.0 Å². The standard InChI is InChI=1S/C28H44F3N9O2S/c1-43(41,42)39-22-24(8-7-10-32)40(38-20-14-34-15-21-38)26(23-27(29,30)31,36-16-5-2-6-17-36)28(39,25-9-3-4-11-35-25)37-18-12-33-13-19-37/h3-4,9,11,24,33-34H,2,5-8,12-23H2,1H3. The molecule has 4 saturated heterocycles. The second kappa shape index (κ2) is 13.2. The Kier molecular flexibility index (Phi) is 9.99. The summed E-state index contributed by atoms with van der Waals surface area (Å²) < 4.78 is 75.9. The fourth-order valence-electron chi connectivity index (χ4n) is 7.90. The van der Waals surface area contributed by atoms with Crippen molar-refractivity contribution in [3.8, 4) is 6.07 Å². The van der Waals surface area contributed by atoms with Gasteiger partial charge in [-0.1, -0.05) is 12.5 Å². The van der Waals surface area contributed by atoms with Gasteiger partial charge in [0.05, 0.1) is 24.4 Å². The number of nitriles is 1. The van der Waals surface area contributed by atoms with Gasteiger partial charge in [0.2, 0.25) is 10.0 Å². The van der Waals surface area contributed by atoms with Crippen LogP contribution < -0.4 is 10.6 Å². The van der Waals surface area contributed by atoms with E-state index in [0.717, 1.165) is 12.7 Å². The maximum absolute atomic E-state index is 15.5. The van der Waals surface area contributed by atoms with Crippen LogP contribution in [0.25, 0.3) is 0 Å². The number of likely N-dealkylation sites (tertiary alicyclic amines) is 1. The highest BCUT2D eigenvalue weighted by molar-refractivity contribution is 7.88. The molecule has 5 rings (SSSR count). The van der Waals surface area contributed by atoms with Gasteiger partial charge in [-0.05, 0) is 31.4 Å². The molecule has 240 valence electrons. The summed E-state index contributed by atoms with van der Waals surface area (Å²) in [6, 6.07) is 6.65. The monoisotopic (exact) mass is 627 g/mol. The van der Waals surface area contributed by atoms with Gasteiger partial charge >= 0.3 is 6.18 Å². The van der Waals surface area contributed by atoms with E-state index in [4.69, 9.17) is 4.98 Å². The molecule has 3 atom stereocenters. The number of piperazine rings is 3. The number of nitrogens with one attached hydrogen (secondary N) is 2. The van der Waals surface area contributed by atoms with Crippen LogP contribution in [0.5, 0.6) is 0 Å². The molecule has 0 radical (unpaired) electrons. The minimum Gasteiger partial charge on any atom is -0.314 e. The summed E-state index contributed by atoms with van der Waals surface area (Å²) in [5.74, 6) is 0. The van der Waals surface area contributed by atoms with Gasteiger partial charge in [-0.2, -0.15) is 22.7 Å². The number of halogens is 3. The first-order chi connectivity index (χ1) is 20.6. The lowest BCUT2D eigenvalue weighted by molar-refractivity contribution is -0.343. The predicted molar refractivity (Wildman–Crippen MR) is 156 cm³/mol. The van der Waals surface area contributed by atoms with Crippen LogP contribution in [0, 0.1) is 11.3 Å². The van der Waals surface area contributed by atoms with Gasteiger partial charge in [0.25, 0.3) is 0 Å². The van der Waals surface area contributed by atoms with Crippen molar-refractivity contribution in [2.45, 2.75) is 62.1 Å². The Balaban J connectivity index is 1.93. The highest BCUT2D eigenvalue weighted by Gasteiger charge is 2.74. The Labute approximate surface area is 253 Å². The number of alkyl halides is 3. The lowest BCUT2D eigenvalue weighted by Crippen LogP contribution is -2.89. The van der Waals surface area contributed by atoms with E-state index in [2.05, 4.69) is 16.7 Å². The topological polar surface area (TPSA) is 111 Å². The van der Waals surface area contributed by atoms with Crippen molar-refractivity contribution in [2.75, 3.05) is 78.2 Å². The van der Waals surface area contributed by atoms with Crippen LogP contribution in [0.2, 0.25) is 0 Å². The zero-order valence-electron chi connectivity index (χ0n) is 24.9. The molecule has 0 aromatic carbocycles. The van der Waals surface area contributed by atoms with Gasteiger partial charge in [-0.25, -0.2) is 18.4 Å². The molecule has 4 aliphatic heterocycles. The lowest BCUT2D eigenvalue weighted by Gasteiger charge is -2.72. The van der Waals surface area contributed by atoms with Gasteiger partial charge < -0.3 is 10.6 Å². The number of nitrogens with zero attached hydrogens (tertiary/aromatic N) is 7. The van der Waals surface area contributed by atoms with Crippen LogP contribution >= 0.6 is 0 Å². The smallest absolute Gasteiger partial charge is 0.314 e. The molecule has 0 saturated carbocycles. The third-order valence-electron chi connectivity index (χ3n) is 9.33. The number of hydrazine groups is 1. The summed E-state index contributed by atoms with van der Waals surface area (Å²) in [6.07, 6.45) is -0.639. The molecule has 0 amide bonds. The molecule has 0 bridgehead atoms. The van der Waals surface area contributed by atoms with E-state index in [1.165, 1.54) is 4.31 Å². The number of piperidine rings is 1. The van der Waals surface area contributed by atoms with Crippen molar-refractivity contribution in [3.63, 3.8) is 0 Å². The van der Waals surface area contributed by atoms with E-state index in [0.29, 0.717) is 78.3 Å². The number of rotatable bonds is 8. The SMILES string of the molecule is CS(=O)(=O)N1CC(CCC#N)N(N2CCNCC2)C(CC(F)(F)F)(N2CCCCC2)C1(c1ccccn1)N1CCNCC1. The Hall–Kier alpha value is -1.90. The van der Waals surface area contributed by atoms with Crippen LogP contribution in [0.4, 0.5) is 13.2 Å². The predicted octanol–water partition coefficient (Wildman–Crippen LogP) is 1.34. The molecule has 5 heterocycles. The summed E-state index contributed by atoms with van der Waals surface area (Å²) in [5, 5.41) is 20.2. The van der Waals surface area contributed by atoms with Crippen LogP contribution in [-0.4, -0.2) is 134 Å². The maximum atomic E-state index is 15.5. The first-order valence-electron chi connectivity index (χ1n) is 15.3. The lowest BCUT2D eigenvalue weighted by atomic mass is 9.76. The molecule has 0 aliphatic carbocycles. The number of hydrogen-bond donors (Lipinski definition) is 2.